The van der Waals surface area contributed by atoms with Gasteiger partial charge in [0.15, 0.2) is 0 Å². The van der Waals surface area contributed by atoms with Crippen LogP contribution in [-0.2, 0) is 6.42 Å². The molecule has 0 saturated heterocycles. The van der Waals surface area contributed by atoms with Crippen molar-refractivity contribution in [2.75, 3.05) is 6.61 Å². The van der Waals surface area contributed by atoms with Crippen LogP contribution in [0.15, 0.2) is 18.2 Å². The number of alkyl halides is 2. The Kier molecular flexibility index (Phi) is 5.21. The first-order chi connectivity index (χ1) is 8.19. The molecule has 0 fully saturated rings. The Hall–Kier alpha value is -1.83. The van der Waals surface area contributed by atoms with E-state index in [0.717, 1.165) is 0 Å². The number of nitriles is 1. The van der Waals surface area contributed by atoms with Crippen molar-refractivity contribution in [2.45, 2.75) is 26.4 Å². The van der Waals surface area contributed by atoms with Gasteiger partial charge in [0, 0.05) is 12.0 Å². The van der Waals surface area contributed by atoms with E-state index in [1.54, 1.807) is 19.1 Å². The Balaban J connectivity index is 3.01. The standard InChI is InChI=1S/C12H13F2NO2/c1-2-16-10-6-3-7-11(17-12(13)14)9(10)5-4-8-15/h3,6-7,12H,2,4-5H2,1H3. The zero-order valence-electron chi connectivity index (χ0n) is 9.45. The van der Waals surface area contributed by atoms with E-state index in [9.17, 15) is 8.78 Å². The van der Waals surface area contributed by atoms with Gasteiger partial charge in [-0.25, -0.2) is 0 Å². The van der Waals surface area contributed by atoms with Gasteiger partial charge >= 0.3 is 6.61 Å². The fourth-order valence-corrected chi connectivity index (χ4v) is 1.47. The van der Waals surface area contributed by atoms with Crippen LogP contribution in [0.3, 0.4) is 0 Å². The minimum atomic E-state index is -2.88. The van der Waals surface area contributed by atoms with Gasteiger partial charge in [-0.05, 0) is 25.5 Å². The highest BCUT2D eigenvalue weighted by Crippen LogP contribution is 2.30. The first-order valence-electron chi connectivity index (χ1n) is 5.25. The van der Waals surface area contributed by atoms with Crippen molar-refractivity contribution in [3.63, 3.8) is 0 Å². The topological polar surface area (TPSA) is 42.2 Å². The van der Waals surface area contributed by atoms with Gasteiger partial charge in [-0.3, -0.25) is 0 Å². The molecule has 17 heavy (non-hydrogen) atoms. The summed E-state index contributed by atoms with van der Waals surface area (Å²) in [6.07, 6.45) is 0.554. The summed E-state index contributed by atoms with van der Waals surface area (Å²) in [5, 5.41) is 8.54. The van der Waals surface area contributed by atoms with Crippen LogP contribution in [0.1, 0.15) is 18.9 Å². The van der Waals surface area contributed by atoms with Crippen LogP contribution in [0.4, 0.5) is 8.78 Å². The molecule has 0 saturated carbocycles. The molecule has 1 aromatic carbocycles. The molecule has 1 aromatic rings. The Morgan fingerprint density at radius 3 is 2.65 bits per heavy atom. The molecule has 3 nitrogen and oxygen atoms in total. The summed E-state index contributed by atoms with van der Waals surface area (Å²) >= 11 is 0. The van der Waals surface area contributed by atoms with Crippen LogP contribution in [-0.4, -0.2) is 13.2 Å². The number of halogens is 2. The lowest BCUT2D eigenvalue weighted by molar-refractivity contribution is -0.0505. The van der Waals surface area contributed by atoms with Crippen molar-refractivity contribution >= 4 is 0 Å². The van der Waals surface area contributed by atoms with Gasteiger partial charge in [0.2, 0.25) is 0 Å². The summed E-state index contributed by atoms with van der Waals surface area (Å²) in [4.78, 5) is 0. The molecule has 1 rings (SSSR count). The summed E-state index contributed by atoms with van der Waals surface area (Å²) in [5.41, 5.74) is 0.510. The average molecular weight is 241 g/mol. The number of nitrogens with zero attached hydrogens (tertiary/aromatic N) is 1. The SMILES string of the molecule is CCOc1cccc(OC(F)F)c1CCC#N. The fourth-order valence-electron chi connectivity index (χ4n) is 1.47. The first-order valence-corrected chi connectivity index (χ1v) is 5.25. The third-order valence-electron chi connectivity index (χ3n) is 2.09. The zero-order valence-corrected chi connectivity index (χ0v) is 9.45. The molecule has 0 radical (unpaired) electrons. The van der Waals surface area contributed by atoms with Gasteiger partial charge in [-0.15, -0.1) is 0 Å². The molecule has 5 heteroatoms. The summed E-state index contributed by atoms with van der Waals surface area (Å²) < 4.78 is 34.2. The van der Waals surface area contributed by atoms with Gasteiger partial charge in [-0.1, -0.05) is 6.07 Å². The predicted octanol–water partition coefficient (Wildman–Crippen LogP) is 3.14. The molecule has 0 aliphatic carbocycles. The Labute approximate surface area is 98.6 Å². The maximum absolute atomic E-state index is 12.2. The normalized spacial score (nSPS) is 10.1. The molecule has 0 atom stereocenters. The van der Waals surface area contributed by atoms with E-state index in [2.05, 4.69) is 4.74 Å². The Morgan fingerprint density at radius 2 is 2.06 bits per heavy atom. The fraction of sp³-hybridized carbons (Fsp3) is 0.417. The highest BCUT2D eigenvalue weighted by atomic mass is 19.3. The lowest BCUT2D eigenvalue weighted by Gasteiger charge is -2.14. The van der Waals surface area contributed by atoms with Crippen molar-refractivity contribution in [3.05, 3.63) is 23.8 Å². The van der Waals surface area contributed by atoms with Crippen molar-refractivity contribution in [2.24, 2.45) is 0 Å². The molecular weight excluding hydrogens is 228 g/mol. The number of hydrogen-bond donors (Lipinski definition) is 0. The number of rotatable bonds is 6. The number of ether oxygens (including phenoxy) is 2. The summed E-state index contributed by atoms with van der Waals surface area (Å²) in [7, 11) is 0. The number of benzene rings is 1. The molecule has 0 aliphatic rings. The van der Waals surface area contributed by atoms with Crippen molar-refractivity contribution in [1.82, 2.24) is 0 Å². The molecule has 92 valence electrons. The average Bonchev–Trinajstić information content (AvgIpc) is 2.28. The van der Waals surface area contributed by atoms with Crippen LogP contribution in [0.2, 0.25) is 0 Å². The molecule has 0 unspecified atom stereocenters. The molecule has 0 bridgehead atoms. The van der Waals surface area contributed by atoms with Crippen LogP contribution >= 0.6 is 0 Å². The van der Waals surface area contributed by atoms with E-state index in [4.69, 9.17) is 10.00 Å². The lowest BCUT2D eigenvalue weighted by Crippen LogP contribution is -2.06. The van der Waals surface area contributed by atoms with Crippen molar-refractivity contribution in [1.29, 1.82) is 5.26 Å². The van der Waals surface area contributed by atoms with Gasteiger partial charge in [0.25, 0.3) is 0 Å². The molecule has 0 aromatic heterocycles. The van der Waals surface area contributed by atoms with Crippen LogP contribution in [0.25, 0.3) is 0 Å². The molecule has 0 amide bonds. The van der Waals surface area contributed by atoms with Gasteiger partial charge in [0.1, 0.15) is 11.5 Å². The van der Waals surface area contributed by atoms with Crippen molar-refractivity contribution < 1.29 is 18.3 Å². The third-order valence-corrected chi connectivity index (χ3v) is 2.09. The number of hydrogen-bond acceptors (Lipinski definition) is 3. The molecule has 0 spiro atoms. The third kappa shape index (κ3) is 3.91. The van der Waals surface area contributed by atoms with E-state index in [-0.39, 0.29) is 12.2 Å². The molecular formula is C12H13F2NO2. The lowest BCUT2D eigenvalue weighted by atomic mass is 10.1. The second-order valence-electron chi connectivity index (χ2n) is 3.20. The van der Waals surface area contributed by atoms with Crippen LogP contribution in [0.5, 0.6) is 11.5 Å². The highest BCUT2D eigenvalue weighted by Gasteiger charge is 2.13. The highest BCUT2D eigenvalue weighted by molar-refractivity contribution is 5.45. The van der Waals surface area contributed by atoms with E-state index in [1.165, 1.54) is 6.07 Å². The van der Waals surface area contributed by atoms with Crippen LogP contribution in [0, 0.1) is 11.3 Å². The van der Waals surface area contributed by atoms with Gasteiger partial charge in [0.05, 0.1) is 12.7 Å². The van der Waals surface area contributed by atoms with Gasteiger partial charge in [-0.2, -0.15) is 14.0 Å². The molecule has 0 heterocycles. The smallest absolute Gasteiger partial charge is 0.387 e. The quantitative estimate of drug-likeness (QED) is 0.768. The summed E-state index contributed by atoms with van der Waals surface area (Å²) in [6, 6.07) is 6.67. The predicted molar refractivity (Wildman–Crippen MR) is 58.2 cm³/mol. The minimum absolute atomic E-state index is 0.0706. The maximum atomic E-state index is 12.2. The van der Waals surface area contributed by atoms with E-state index in [0.29, 0.717) is 24.3 Å². The minimum Gasteiger partial charge on any atom is -0.493 e. The molecule has 0 aliphatic heterocycles. The Morgan fingerprint density at radius 1 is 1.35 bits per heavy atom. The van der Waals surface area contributed by atoms with Crippen LogP contribution < -0.4 is 9.47 Å². The zero-order chi connectivity index (χ0) is 12.7. The van der Waals surface area contributed by atoms with E-state index < -0.39 is 6.61 Å². The Bertz CT molecular complexity index is 402. The van der Waals surface area contributed by atoms with E-state index in [1.807, 2.05) is 6.07 Å². The van der Waals surface area contributed by atoms with Crippen molar-refractivity contribution in [3.8, 4) is 17.6 Å². The summed E-state index contributed by atoms with van der Waals surface area (Å²) in [6.45, 7) is -0.653. The largest absolute Gasteiger partial charge is 0.493 e. The monoisotopic (exact) mass is 241 g/mol. The van der Waals surface area contributed by atoms with E-state index >= 15 is 0 Å². The first kappa shape index (κ1) is 13.2. The second kappa shape index (κ2) is 6.69. The van der Waals surface area contributed by atoms with Gasteiger partial charge < -0.3 is 9.47 Å². The maximum Gasteiger partial charge on any atom is 0.387 e. The summed E-state index contributed by atoms with van der Waals surface area (Å²) in [5.74, 6) is 0.558. The second-order valence-corrected chi connectivity index (χ2v) is 3.20. The molecule has 0 N–H and O–H groups in total.